The van der Waals surface area contributed by atoms with Gasteiger partial charge in [0.2, 0.25) is 0 Å². The van der Waals surface area contributed by atoms with E-state index in [9.17, 15) is 19.7 Å². The second-order valence-corrected chi connectivity index (χ2v) is 6.30. The highest BCUT2D eigenvalue weighted by atomic mass is 32.2. The largest absolute Gasteiger partial charge is 0.449 e. The highest BCUT2D eigenvalue weighted by Gasteiger charge is 2.17. The molecule has 1 N–H and O–H groups in total. The number of nitrogens with one attached hydrogen (secondary N) is 1. The van der Waals surface area contributed by atoms with Crippen molar-refractivity contribution in [3.8, 4) is 0 Å². The second kappa shape index (κ2) is 9.54. The number of nitro groups is 1. The SMILES string of the molecule is CSc1ccccc1NC(=O)[C@@H](C)OC(=O)/C=C/c1ccc([N+](=O)[O-])cc1. The van der Waals surface area contributed by atoms with Crippen molar-refractivity contribution in [2.75, 3.05) is 11.6 Å². The van der Waals surface area contributed by atoms with Crippen molar-refractivity contribution < 1.29 is 19.2 Å². The molecule has 7 nitrogen and oxygen atoms in total. The fourth-order valence-corrected chi connectivity index (χ4v) is 2.67. The van der Waals surface area contributed by atoms with E-state index in [0.717, 1.165) is 4.90 Å². The number of nitrogens with zero attached hydrogens (tertiary/aromatic N) is 1. The molecule has 8 heteroatoms. The molecule has 140 valence electrons. The van der Waals surface area contributed by atoms with E-state index in [1.54, 1.807) is 12.1 Å². The average Bonchev–Trinajstić information content (AvgIpc) is 2.67. The van der Waals surface area contributed by atoms with Crippen LogP contribution >= 0.6 is 11.8 Å². The van der Waals surface area contributed by atoms with E-state index in [4.69, 9.17) is 4.74 Å². The van der Waals surface area contributed by atoms with Crippen LogP contribution in [0.4, 0.5) is 11.4 Å². The Bertz CT molecular complexity index is 865. The lowest BCUT2D eigenvalue weighted by molar-refractivity contribution is -0.384. The molecule has 2 aromatic carbocycles. The molecule has 0 saturated carbocycles. The number of rotatable bonds is 7. The van der Waals surface area contributed by atoms with Crippen molar-refractivity contribution in [2.45, 2.75) is 17.9 Å². The van der Waals surface area contributed by atoms with Crippen LogP contribution in [0.25, 0.3) is 6.08 Å². The third-order valence-corrected chi connectivity index (χ3v) is 4.34. The molecule has 0 heterocycles. The van der Waals surface area contributed by atoms with Crippen LogP contribution in [0.5, 0.6) is 0 Å². The third-order valence-electron chi connectivity index (χ3n) is 3.54. The van der Waals surface area contributed by atoms with Gasteiger partial charge in [-0.3, -0.25) is 14.9 Å². The number of thioether (sulfide) groups is 1. The summed E-state index contributed by atoms with van der Waals surface area (Å²) in [5.74, 6) is -1.12. The summed E-state index contributed by atoms with van der Waals surface area (Å²) < 4.78 is 5.09. The van der Waals surface area contributed by atoms with Crippen molar-refractivity contribution in [3.05, 3.63) is 70.3 Å². The van der Waals surface area contributed by atoms with Gasteiger partial charge in [0.1, 0.15) is 0 Å². The highest BCUT2D eigenvalue weighted by molar-refractivity contribution is 7.98. The Morgan fingerprint density at radius 2 is 1.85 bits per heavy atom. The Labute approximate surface area is 160 Å². The Morgan fingerprint density at radius 3 is 2.48 bits per heavy atom. The lowest BCUT2D eigenvalue weighted by Gasteiger charge is -2.14. The summed E-state index contributed by atoms with van der Waals surface area (Å²) in [5.41, 5.74) is 1.22. The van der Waals surface area contributed by atoms with Crippen LogP contribution in [-0.4, -0.2) is 29.2 Å². The standard InChI is InChI=1S/C19H18N2O5S/c1-13(19(23)20-16-5-3-4-6-17(16)27-2)26-18(22)12-9-14-7-10-15(11-8-14)21(24)25/h3-13H,1-2H3,(H,20,23)/b12-9+/t13-/m1/s1. The van der Waals surface area contributed by atoms with E-state index in [0.29, 0.717) is 11.3 Å². The molecule has 0 aromatic heterocycles. The van der Waals surface area contributed by atoms with Gasteiger partial charge in [-0.05, 0) is 49.1 Å². The van der Waals surface area contributed by atoms with Crippen LogP contribution in [0.15, 0.2) is 59.5 Å². The number of ether oxygens (including phenoxy) is 1. The van der Waals surface area contributed by atoms with E-state index in [-0.39, 0.29) is 5.69 Å². The number of carbonyl (C=O) groups excluding carboxylic acids is 2. The van der Waals surface area contributed by atoms with E-state index < -0.39 is 22.9 Å². The topological polar surface area (TPSA) is 98.5 Å². The maximum Gasteiger partial charge on any atom is 0.331 e. The fraction of sp³-hybridized carbons (Fsp3) is 0.158. The maximum atomic E-state index is 12.2. The molecule has 1 atom stereocenters. The molecule has 0 unspecified atom stereocenters. The number of hydrogen-bond acceptors (Lipinski definition) is 6. The van der Waals surface area contributed by atoms with Crippen LogP contribution < -0.4 is 5.32 Å². The van der Waals surface area contributed by atoms with Gasteiger partial charge >= 0.3 is 5.97 Å². The molecule has 0 fully saturated rings. The van der Waals surface area contributed by atoms with Gasteiger partial charge in [0.15, 0.2) is 6.10 Å². The number of hydrogen-bond donors (Lipinski definition) is 1. The first kappa shape index (κ1) is 20.2. The maximum absolute atomic E-state index is 12.2. The zero-order valence-electron chi connectivity index (χ0n) is 14.7. The number of nitro benzene ring substituents is 1. The Morgan fingerprint density at radius 1 is 1.19 bits per heavy atom. The number of carbonyl (C=O) groups is 2. The van der Waals surface area contributed by atoms with Crippen molar-refractivity contribution in [3.63, 3.8) is 0 Å². The molecule has 2 rings (SSSR count). The zero-order chi connectivity index (χ0) is 19.8. The van der Waals surface area contributed by atoms with Crippen molar-refractivity contribution in [1.29, 1.82) is 0 Å². The molecule has 0 saturated heterocycles. The molecule has 0 bridgehead atoms. The van der Waals surface area contributed by atoms with Crippen LogP contribution in [0.3, 0.4) is 0 Å². The molecule has 0 aliphatic rings. The monoisotopic (exact) mass is 386 g/mol. The number of anilines is 1. The predicted octanol–water partition coefficient (Wildman–Crippen LogP) is 3.90. The van der Waals surface area contributed by atoms with Crippen molar-refractivity contribution >= 4 is 41.1 Å². The molecule has 0 radical (unpaired) electrons. The predicted molar refractivity (Wildman–Crippen MR) is 105 cm³/mol. The minimum absolute atomic E-state index is 0.0365. The third kappa shape index (κ3) is 5.96. The zero-order valence-corrected chi connectivity index (χ0v) is 15.6. The van der Waals surface area contributed by atoms with Gasteiger partial charge in [-0.2, -0.15) is 0 Å². The van der Waals surface area contributed by atoms with Crippen molar-refractivity contribution in [2.24, 2.45) is 0 Å². The van der Waals surface area contributed by atoms with Crippen molar-refractivity contribution in [1.82, 2.24) is 0 Å². The highest BCUT2D eigenvalue weighted by Crippen LogP contribution is 2.24. The van der Waals surface area contributed by atoms with Crippen LogP contribution in [0, 0.1) is 10.1 Å². The number of esters is 1. The van der Waals surface area contributed by atoms with Gasteiger partial charge in [0.05, 0.1) is 10.6 Å². The number of amides is 1. The number of para-hydroxylation sites is 1. The Hall–Kier alpha value is -3.13. The van der Waals surface area contributed by atoms with Gasteiger partial charge in [0.25, 0.3) is 11.6 Å². The first-order valence-corrected chi connectivity index (χ1v) is 9.20. The second-order valence-electron chi connectivity index (χ2n) is 5.45. The number of benzene rings is 2. The molecule has 2 aromatic rings. The van der Waals surface area contributed by atoms with Gasteiger partial charge in [-0.1, -0.05) is 12.1 Å². The summed E-state index contributed by atoms with van der Waals surface area (Å²) in [4.78, 5) is 35.1. The lowest BCUT2D eigenvalue weighted by atomic mass is 10.2. The van der Waals surface area contributed by atoms with Crippen LogP contribution in [0.1, 0.15) is 12.5 Å². The molecule has 0 aliphatic carbocycles. The normalized spacial score (nSPS) is 11.8. The number of non-ortho nitro benzene ring substituents is 1. The van der Waals surface area contributed by atoms with E-state index >= 15 is 0 Å². The molecular formula is C19H18N2O5S. The summed E-state index contributed by atoms with van der Waals surface area (Å²) in [7, 11) is 0. The van der Waals surface area contributed by atoms with Gasteiger partial charge in [-0.25, -0.2) is 4.79 Å². The summed E-state index contributed by atoms with van der Waals surface area (Å²) in [5, 5.41) is 13.3. The molecule has 0 aliphatic heterocycles. The average molecular weight is 386 g/mol. The fourth-order valence-electron chi connectivity index (χ4n) is 2.12. The van der Waals surface area contributed by atoms with E-state index in [2.05, 4.69) is 5.32 Å². The molecule has 0 spiro atoms. The summed E-state index contributed by atoms with van der Waals surface area (Å²) in [6, 6.07) is 13.0. The smallest absolute Gasteiger partial charge is 0.331 e. The summed E-state index contributed by atoms with van der Waals surface area (Å²) in [6.07, 6.45) is 3.55. The quantitative estimate of drug-likeness (QED) is 0.255. The van der Waals surface area contributed by atoms with E-state index in [1.165, 1.54) is 55.1 Å². The molecular weight excluding hydrogens is 368 g/mol. The van der Waals surface area contributed by atoms with Crippen LogP contribution in [-0.2, 0) is 14.3 Å². The van der Waals surface area contributed by atoms with Gasteiger partial charge in [-0.15, -0.1) is 11.8 Å². The first-order chi connectivity index (χ1) is 12.9. The molecule has 1 amide bonds. The minimum atomic E-state index is -0.978. The summed E-state index contributed by atoms with van der Waals surface area (Å²) >= 11 is 1.50. The Balaban J connectivity index is 1.92. The van der Waals surface area contributed by atoms with E-state index in [1.807, 2.05) is 18.4 Å². The van der Waals surface area contributed by atoms with Crippen LogP contribution in [0.2, 0.25) is 0 Å². The lowest BCUT2D eigenvalue weighted by Crippen LogP contribution is -2.29. The summed E-state index contributed by atoms with van der Waals surface area (Å²) in [6.45, 7) is 1.48. The first-order valence-electron chi connectivity index (χ1n) is 7.97. The minimum Gasteiger partial charge on any atom is -0.449 e. The van der Waals surface area contributed by atoms with Gasteiger partial charge < -0.3 is 10.1 Å². The molecule has 27 heavy (non-hydrogen) atoms. The van der Waals surface area contributed by atoms with Gasteiger partial charge in [0, 0.05) is 23.1 Å². The Kier molecular flexibility index (Phi) is 7.13.